The Labute approximate surface area is 159 Å². The second-order valence-corrected chi connectivity index (χ2v) is 6.52. The molecule has 5 N–H and O–H groups in total. The number of rotatable bonds is 5. The number of hydrogen-bond acceptors (Lipinski definition) is 4. The minimum absolute atomic E-state index is 0.215. The summed E-state index contributed by atoms with van der Waals surface area (Å²) in [6, 6.07) is 15.1. The van der Waals surface area contributed by atoms with Crippen molar-refractivity contribution >= 4 is 44.1 Å². The van der Waals surface area contributed by atoms with Crippen molar-refractivity contribution in [3.05, 3.63) is 76.7 Å². The normalized spacial score (nSPS) is 11.4. The number of anilines is 1. The van der Waals surface area contributed by atoms with E-state index in [2.05, 4.69) is 43.3 Å². The summed E-state index contributed by atoms with van der Waals surface area (Å²) < 4.78 is 0.748. The van der Waals surface area contributed by atoms with E-state index in [0.717, 1.165) is 26.7 Å². The number of halogens is 1. The van der Waals surface area contributed by atoms with Gasteiger partial charge >= 0.3 is 0 Å². The third-order valence-corrected chi connectivity index (χ3v) is 4.62. The topological polar surface area (TPSA) is 95.3 Å². The molecule has 0 saturated carbocycles. The summed E-state index contributed by atoms with van der Waals surface area (Å²) >= 11 is 3.49. The molecule has 132 valence electrons. The van der Waals surface area contributed by atoms with Crippen LogP contribution in [0.15, 0.2) is 70.5 Å². The predicted molar refractivity (Wildman–Crippen MR) is 109 cm³/mol. The van der Waals surface area contributed by atoms with E-state index in [9.17, 15) is 4.79 Å². The molecule has 0 atom stereocenters. The molecule has 1 heterocycles. The molecule has 0 spiro atoms. The summed E-state index contributed by atoms with van der Waals surface area (Å²) in [5, 5.41) is 7.96. The molecule has 26 heavy (non-hydrogen) atoms. The SMILES string of the molecule is C=C(N)N/N=C(\C)c1ccc(NC(=O)c2[nH]c3ccccc3c2Br)cc1. The Kier molecular flexibility index (Phi) is 5.09. The number of fused-ring (bicyclic) bond motifs is 1. The summed E-state index contributed by atoms with van der Waals surface area (Å²) in [5.41, 5.74) is 11.8. The number of hydrogen-bond donors (Lipinski definition) is 4. The molecule has 2 aromatic carbocycles. The average molecular weight is 412 g/mol. The first-order chi connectivity index (χ1) is 12.5. The molecule has 0 aliphatic carbocycles. The van der Waals surface area contributed by atoms with Crippen LogP contribution in [0.2, 0.25) is 0 Å². The third-order valence-electron chi connectivity index (χ3n) is 3.80. The van der Waals surface area contributed by atoms with Crippen LogP contribution >= 0.6 is 15.9 Å². The van der Waals surface area contributed by atoms with Crippen LogP contribution in [-0.2, 0) is 0 Å². The van der Waals surface area contributed by atoms with Crippen molar-refractivity contribution in [2.45, 2.75) is 6.92 Å². The first-order valence-corrected chi connectivity index (χ1v) is 8.67. The van der Waals surface area contributed by atoms with Gasteiger partial charge in [0.15, 0.2) is 0 Å². The molecule has 7 heteroatoms. The van der Waals surface area contributed by atoms with Gasteiger partial charge in [-0.05, 0) is 46.6 Å². The number of aromatic amines is 1. The molecule has 0 aliphatic rings. The Morgan fingerprint density at radius 3 is 2.54 bits per heavy atom. The zero-order chi connectivity index (χ0) is 18.7. The Bertz CT molecular complexity index is 1000. The van der Waals surface area contributed by atoms with Crippen LogP contribution in [-0.4, -0.2) is 16.6 Å². The fraction of sp³-hybridized carbons (Fsp3) is 0.0526. The van der Waals surface area contributed by atoms with Gasteiger partial charge < -0.3 is 16.0 Å². The third kappa shape index (κ3) is 3.78. The lowest BCUT2D eigenvalue weighted by Gasteiger charge is -2.07. The van der Waals surface area contributed by atoms with Gasteiger partial charge in [0.05, 0.1) is 10.2 Å². The largest absolute Gasteiger partial charge is 0.385 e. The van der Waals surface area contributed by atoms with Gasteiger partial charge in [-0.3, -0.25) is 10.2 Å². The Hall–Kier alpha value is -3.06. The van der Waals surface area contributed by atoms with Crippen LogP contribution in [0, 0.1) is 0 Å². The molecule has 0 fully saturated rings. The molecule has 0 saturated heterocycles. The summed E-state index contributed by atoms with van der Waals surface area (Å²) in [5.74, 6) is 0.0597. The highest BCUT2D eigenvalue weighted by molar-refractivity contribution is 9.10. The summed E-state index contributed by atoms with van der Waals surface area (Å²) in [6.45, 7) is 5.38. The lowest BCUT2D eigenvalue weighted by atomic mass is 10.1. The number of amides is 1. The van der Waals surface area contributed by atoms with Crippen LogP contribution in [0.25, 0.3) is 10.9 Å². The van der Waals surface area contributed by atoms with Crippen molar-refractivity contribution in [1.82, 2.24) is 10.4 Å². The van der Waals surface area contributed by atoms with Gasteiger partial charge in [0.1, 0.15) is 11.5 Å². The van der Waals surface area contributed by atoms with Gasteiger partial charge in [-0.15, -0.1) is 0 Å². The molecule has 3 rings (SSSR count). The Balaban J connectivity index is 1.76. The minimum atomic E-state index is -0.215. The van der Waals surface area contributed by atoms with Crippen LogP contribution in [0.4, 0.5) is 5.69 Å². The standard InChI is InChI=1S/C19H18BrN5O/c1-11(24-25-12(2)21)13-7-9-14(10-8-13)22-19(26)18-17(20)15-5-3-4-6-16(15)23-18/h3-10,23,25H,2,21H2,1H3,(H,22,26)/b24-11+. The maximum Gasteiger partial charge on any atom is 0.273 e. The van der Waals surface area contributed by atoms with E-state index in [1.165, 1.54) is 0 Å². The number of nitrogens with one attached hydrogen (secondary N) is 3. The number of benzene rings is 2. The lowest BCUT2D eigenvalue weighted by molar-refractivity contribution is 0.102. The maximum atomic E-state index is 12.6. The van der Waals surface area contributed by atoms with Gasteiger partial charge in [-0.1, -0.05) is 36.9 Å². The minimum Gasteiger partial charge on any atom is -0.385 e. The van der Waals surface area contributed by atoms with E-state index in [0.29, 0.717) is 11.4 Å². The zero-order valence-corrected chi connectivity index (χ0v) is 15.7. The summed E-state index contributed by atoms with van der Waals surface area (Å²) in [6.07, 6.45) is 0. The quantitative estimate of drug-likeness (QED) is 0.378. The highest BCUT2D eigenvalue weighted by Crippen LogP contribution is 2.28. The van der Waals surface area contributed by atoms with Crippen LogP contribution in [0.1, 0.15) is 23.0 Å². The molecule has 0 aliphatic heterocycles. The molecule has 1 amide bonds. The number of nitrogens with two attached hydrogens (primary N) is 1. The second-order valence-electron chi connectivity index (χ2n) is 5.73. The highest BCUT2D eigenvalue weighted by Gasteiger charge is 2.15. The molecule has 0 bridgehead atoms. The molecular weight excluding hydrogens is 394 g/mol. The van der Waals surface area contributed by atoms with Gasteiger partial charge in [0, 0.05) is 16.6 Å². The lowest BCUT2D eigenvalue weighted by Crippen LogP contribution is -2.15. The first-order valence-electron chi connectivity index (χ1n) is 7.88. The van der Waals surface area contributed by atoms with E-state index >= 15 is 0 Å². The second kappa shape index (κ2) is 7.45. The number of para-hydroxylation sites is 1. The monoisotopic (exact) mass is 411 g/mol. The number of nitrogens with zero attached hydrogens (tertiary/aromatic N) is 1. The van der Waals surface area contributed by atoms with Gasteiger partial charge in [-0.25, -0.2) is 0 Å². The van der Waals surface area contributed by atoms with Crippen molar-refractivity contribution in [2.75, 3.05) is 5.32 Å². The number of aromatic nitrogens is 1. The van der Waals surface area contributed by atoms with E-state index in [-0.39, 0.29) is 11.7 Å². The molecule has 0 radical (unpaired) electrons. The van der Waals surface area contributed by atoms with Gasteiger partial charge in [0.25, 0.3) is 5.91 Å². The molecule has 6 nitrogen and oxygen atoms in total. The fourth-order valence-electron chi connectivity index (χ4n) is 2.47. The summed E-state index contributed by atoms with van der Waals surface area (Å²) in [4.78, 5) is 15.7. The summed E-state index contributed by atoms with van der Waals surface area (Å²) in [7, 11) is 0. The van der Waals surface area contributed by atoms with Crippen molar-refractivity contribution in [3.63, 3.8) is 0 Å². The van der Waals surface area contributed by atoms with Crippen LogP contribution in [0.5, 0.6) is 0 Å². The average Bonchev–Trinajstić information content (AvgIpc) is 2.97. The number of H-pyrrole nitrogens is 1. The van der Waals surface area contributed by atoms with Crippen LogP contribution < -0.4 is 16.5 Å². The van der Waals surface area contributed by atoms with Crippen molar-refractivity contribution in [1.29, 1.82) is 0 Å². The van der Waals surface area contributed by atoms with Gasteiger partial charge in [0.2, 0.25) is 0 Å². The predicted octanol–water partition coefficient (Wildman–Crippen LogP) is 3.93. The Morgan fingerprint density at radius 1 is 1.19 bits per heavy atom. The molecule has 1 aromatic heterocycles. The smallest absolute Gasteiger partial charge is 0.273 e. The van der Waals surface area contributed by atoms with E-state index < -0.39 is 0 Å². The van der Waals surface area contributed by atoms with Crippen molar-refractivity contribution in [2.24, 2.45) is 10.8 Å². The fourth-order valence-corrected chi connectivity index (χ4v) is 3.10. The first kappa shape index (κ1) is 17.8. The van der Waals surface area contributed by atoms with E-state index in [1.54, 1.807) is 0 Å². The Morgan fingerprint density at radius 2 is 1.88 bits per heavy atom. The van der Waals surface area contributed by atoms with E-state index in [4.69, 9.17) is 5.73 Å². The zero-order valence-electron chi connectivity index (χ0n) is 14.1. The van der Waals surface area contributed by atoms with Crippen molar-refractivity contribution < 1.29 is 4.79 Å². The molecule has 0 unspecified atom stereocenters. The van der Waals surface area contributed by atoms with Crippen molar-refractivity contribution in [3.8, 4) is 0 Å². The number of carbonyl (C=O) groups is 1. The highest BCUT2D eigenvalue weighted by atomic mass is 79.9. The van der Waals surface area contributed by atoms with Gasteiger partial charge in [-0.2, -0.15) is 5.10 Å². The molecular formula is C19H18BrN5O. The maximum absolute atomic E-state index is 12.6. The number of hydrazone groups is 1. The number of carbonyl (C=O) groups excluding carboxylic acids is 1. The van der Waals surface area contributed by atoms with Crippen LogP contribution in [0.3, 0.4) is 0 Å². The van der Waals surface area contributed by atoms with E-state index in [1.807, 2.05) is 55.5 Å². The molecule has 3 aromatic rings.